The zero-order valence-corrected chi connectivity index (χ0v) is 15.7. The zero-order valence-electron chi connectivity index (χ0n) is 15.7. The Morgan fingerprint density at radius 2 is 1.89 bits per heavy atom. The van der Waals surface area contributed by atoms with Crippen LogP contribution in [0.3, 0.4) is 0 Å². The van der Waals surface area contributed by atoms with E-state index in [1.807, 2.05) is 63.2 Å². The highest BCUT2D eigenvalue weighted by Gasteiger charge is 2.31. The number of aliphatic hydroxyl groups excluding tert-OH is 2. The van der Waals surface area contributed by atoms with E-state index in [1.54, 1.807) is 0 Å². The summed E-state index contributed by atoms with van der Waals surface area (Å²) in [5, 5.41) is 27.4. The normalized spacial score (nSPS) is 12.9. The number of nitrogens with one attached hydrogen (secondary N) is 1. The van der Waals surface area contributed by atoms with E-state index < -0.39 is 24.0 Å². The molecule has 27 heavy (non-hydrogen) atoms. The van der Waals surface area contributed by atoms with Crippen molar-refractivity contribution in [3.05, 3.63) is 53.7 Å². The number of aromatic nitrogens is 1. The van der Waals surface area contributed by atoms with Gasteiger partial charge >= 0.3 is 0 Å². The standard InChI is InChI=1S/C21H24N2O4/c1-21(2,3)19-17(20(26)22-11-14(25)12-24)18(27-23-19)16-10-6-8-13-7-4-5-9-15(13)16/h4-10,14,24-25H,11-12H2,1-3H3,(H,22,26). The second kappa shape index (κ2) is 7.50. The molecular formula is C21H24N2O4. The van der Waals surface area contributed by atoms with E-state index in [0.717, 1.165) is 16.3 Å². The number of carbonyl (C=O) groups excluding carboxylic acids is 1. The van der Waals surface area contributed by atoms with E-state index in [4.69, 9.17) is 9.63 Å². The van der Waals surface area contributed by atoms with E-state index in [-0.39, 0.29) is 6.54 Å². The number of hydrogen-bond acceptors (Lipinski definition) is 5. The highest BCUT2D eigenvalue weighted by Crippen LogP contribution is 2.36. The molecule has 3 N–H and O–H groups in total. The molecule has 3 aromatic rings. The first-order valence-corrected chi connectivity index (χ1v) is 8.88. The zero-order chi connectivity index (χ0) is 19.6. The second-order valence-corrected chi connectivity index (χ2v) is 7.56. The van der Waals surface area contributed by atoms with Crippen molar-refractivity contribution in [1.82, 2.24) is 10.5 Å². The van der Waals surface area contributed by atoms with Gasteiger partial charge in [0.15, 0.2) is 5.76 Å². The van der Waals surface area contributed by atoms with Crippen LogP contribution in [-0.4, -0.2) is 40.5 Å². The molecule has 0 aliphatic rings. The molecule has 2 aromatic carbocycles. The molecule has 0 bridgehead atoms. The fourth-order valence-electron chi connectivity index (χ4n) is 2.98. The third-order valence-corrected chi connectivity index (χ3v) is 4.37. The van der Waals surface area contributed by atoms with Gasteiger partial charge < -0.3 is 20.1 Å². The minimum absolute atomic E-state index is 0.0565. The Hall–Kier alpha value is -2.70. The lowest BCUT2D eigenvalue weighted by atomic mass is 9.87. The maximum Gasteiger partial charge on any atom is 0.257 e. The van der Waals surface area contributed by atoms with Gasteiger partial charge in [-0.1, -0.05) is 68.4 Å². The Morgan fingerprint density at radius 3 is 2.59 bits per heavy atom. The number of fused-ring (bicyclic) bond motifs is 1. The van der Waals surface area contributed by atoms with Crippen LogP contribution in [0.5, 0.6) is 0 Å². The number of aliphatic hydroxyl groups is 2. The molecule has 0 aliphatic carbocycles. The number of nitrogens with zero attached hydrogens (tertiary/aromatic N) is 1. The Bertz CT molecular complexity index is 951. The highest BCUT2D eigenvalue weighted by molar-refractivity contribution is 6.05. The monoisotopic (exact) mass is 368 g/mol. The van der Waals surface area contributed by atoms with Crippen LogP contribution in [0, 0.1) is 0 Å². The van der Waals surface area contributed by atoms with Crippen molar-refractivity contribution >= 4 is 16.7 Å². The van der Waals surface area contributed by atoms with Crippen LogP contribution < -0.4 is 5.32 Å². The summed E-state index contributed by atoms with van der Waals surface area (Å²) in [6, 6.07) is 13.7. The first-order valence-electron chi connectivity index (χ1n) is 8.88. The van der Waals surface area contributed by atoms with Crippen LogP contribution in [0.1, 0.15) is 36.8 Å². The highest BCUT2D eigenvalue weighted by atomic mass is 16.5. The van der Waals surface area contributed by atoms with Gasteiger partial charge in [-0.05, 0) is 10.8 Å². The van der Waals surface area contributed by atoms with Gasteiger partial charge in [0.1, 0.15) is 11.3 Å². The van der Waals surface area contributed by atoms with Gasteiger partial charge in [-0.2, -0.15) is 0 Å². The van der Waals surface area contributed by atoms with Crippen LogP contribution in [0.25, 0.3) is 22.1 Å². The minimum Gasteiger partial charge on any atom is -0.394 e. The Kier molecular flexibility index (Phi) is 5.30. The summed E-state index contributed by atoms with van der Waals surface area (Å²) in [5.41, 5.74) is 1.27. The second-order valence-electron chi connectivity index (χ2n) is 7.56. The Balaban J connectivity index is 2.13. The summed E-state index contributed by atoms with van der Waals surface area (Å²) < 4.78 is 5.65. The van der Waals surface area contributed by atoms with Crippen LogP contribution >= 0.6 is 0 Å². The van der Waals surface area contributed by atoms with Crippen molar-refractivity contribution < 1.29 is 19.5 Å². The quantitative estimate of drug-likeness (QED) is 0.644. The molecule has 1 atom stereocenters. The van der Waals surface area contributed by atoms with Gasteiger partial charge in [0.05, 0.1) is 12.7 Å². The van der Waals surface area contributed by atoms with E-state index in [9.17, 15) is 9.90 Å². The van der Waals surface area contributed by atoms with Gasteiger partial charge in [-0.3, -0.25) is 4.79 Å². The number of amides is 1. The molecule has 1 heterocycles. The van der Waals surface area contributed by atoms with Crippen LogP contribution in [0.4, 0.5) is 0 Å². The molecule has 3 rings (SSSR count). The van der Waals surface area contributed by atoms with Gasteiger partial charge in [-0.25, -0.2) is 0 Å². The lowest BCUT2D eigenvalue weighted by Crippen LogP contribution is -2.35. The molecule has 1 amide bonds. The molecule has 0 radical (unpaired) electrons. The lowest BCUT2D eigenvalue weighted by Gasteiger charge is -2.17. The van der Waals surface area contributed by atoms with Crippen molar-refractivity contribution in [2.45, 2.75) is 32.3 Å². The van der Waals surface area contributed by atoms with Crippen molar-refractivity contribution in [2.24, 2.45) is 0 Å². The van der Waals surface area contributed by atoms with E-state index in [2.05, 4.69) is 10.5 Å². The van der Waals surface area contributed by atoms with Gasteiger partial charge in [0, 0.05) is 17.5 Å². The summed E-state index contributed by atoms with van der Waals surface area (Å²) in [7, 11) is 0. The molecule has 0 saturated heterocycles. The van der Waals surface area contributed by atoms with Crippen LogP contribution in [0.15, 0.2) is 47.0 Å². The number of carbonyl (C=O) groups is 1. The first kappa shape index (κ1) is 19.1. The largest absolute Gasteiger partial charge is 0.394 e. The van der Waals surface area contributed by atoms with Crippen molar-refractivity contribution in [3.8, 4) is 11.3 Å². The third-order valence-electron chi connectivity index (χ3n) is 4.37. The van der Waals surface area contributed by atoms with Crippen LogP contribution in [0.2, 0.25) is 0 Å². The maximum absolute atomic E-state index is 12.9. The smallest absolute Gasteiger partial charge is 0.257 e. The maximum atomic E-state index is 12.9. The third kappa shape index (κ3) is 3.86. The fraction of sp³-hybridized carbons (Fsp3) is 0.333. The molecule has 142 valence electrons. The Morgan fingerprint density at radius 1 is 1.19 bits per heavy atom. The average molecular weight is 368 g/mol. The predicted molar refractivity (Wildman–Crippen MR) is 104 cm³/mol. The number of hydrogen-bond donors (Lipinski definition) is 3. The van der Waals surface area contributed by atoms with Gasteiger partial charge in [0.2, 0.25) is 0 Å². The average Bonchev–Trinajstić information content (AvgIpc) is 3.10. The van der Waals surface area contributed by atoms with Gasteiger partial charge in [0.25, 0.3) is 5.91 Å². The van der Waals surface area contributed by atoms with E-state index >= 15 is 0 Å². The number of benzene rings is 2. The first-order chi connectivity index (χ1) is 12.8. The predicted octanol–water partition coefficient (Wildman–Crippen LogP) is 2.88. The SMILES string of the molecule is CC(C)(C)c1noc(-c2cccc3ccccc23)c1C(=O)NCC(O)CO. The molecule has 6 heteroatoms. The number of rotatable bonds is 5. The van der Waals surface area contributed by atoms with E-state index in [1.165, 1.54) is 0 Å². The summed E-state index contributed by atoms with van der Waals surface area (Å²) in [4.78, 5) is 12.9. The minimum atomic E-state index is -1.02. The van der Waals surface area contributed by atoms with Crippen LogP contribution in [-0.2, 0) is 5.41 Å². The summed E-state index contributed by atoms with van der Waals surface area (Å²) in [5.74, 6) is 0.00400. The van der Waals surface area contributed by atoms with Crippen molar-refractivity contribution in [1.29, 1.82) is 0 Å². The fourth-order valence-corrected chi connectivity index (χ4v) is 2.98. The molecular weight excluding hydrogens is 344 g/mol. The Labute approximate surface area is 157 Å². The van der Waals surface area contributed by atoms with Crippen molar-refractivity contribution in [2.75, 3.05) is 13.2 Å². The molecule has 0 spiro atoms. The summed E-state index contributed by atoms with van der Waals surface area (Å²) in [6.45, 7) is 5.39. The van der Waals surface area contributed by atoms with E-state index in [0.29, 0.717) is 17.0 Å². The van der Waals surface area contributed by atoms with Gasteiger partial charge in [-0.15, -0.1) is 0 Å². The summed E-state index contributed by atoms with van der Waals surface area (Å²) in [6.07, 6.45) is -1.02. The molecule has 0 saturated carbocycles. The molecule has 0 fully saturated rings. The molecule has 6 nitrogen and oxygen atoms in total. The molecule has 1 aromatic heterocycles. The molecule has 0 aliphatic heterocycles. The lowest BCUT2D eigenvalue weighted by molar-refractivity contribution is 0.0801. The summed E-state index contributed by atoms with van der Waals surface area (Å²) >= 11 is 0. The van der Waals surface area contributed by atoms with Crippen molar-refractivity contribution in [3.63, 3.8) is 0 Å². The molecule has 1 unspecified atom stereocenters. The topological polar surface area (TPSA) is 95.6 Å².